The molecule has 7 heteroatoms. The van der Waals surface area contributed by atoms with Crippen molar-refractivity contribution in [2.75, 3.05) is 32.7 Å². The molecule has 1 aliphatic rings. The molecule has 0 saturated carbocycles. The number of amides is 2. The molecule has 1 aromatic rings. The highest BCUT2D eigenvalue weighted by molar-refractivity contribution is 5.78. The summed E-state index contributed by atoms with van der Waals surface area (Å²) in [6.07, 6.45) is 1.30. The van der Waals surface area contributed by atoms with Gasteiger partial charge in [-0.15, -0.1) is 0 Å². The molecule has 134 valence electrons. The van der Waals surface area contributed by atoms with E-state index in [9.17, 15) is 9.59 Å². The number of ether oxygens (including phenoxy) is 1. The molecule has 1 aromatic heterocycles. The van der Waals surface area contributed by atoms with E-state index in [1.54, 1.807) is 17.2 Å². The second kappa shape index (κ2) is 7.70. The van der Waals surface area contributed by atoms with Gasteiger partial charge in [0, 0.05) is 26.2 Å². The zero-order chi connectivity index (χ0) is 17.7. The summed E-state index contributed by atoms with van der Waals surface area (Å²) in [4.78, 5) is 27.9. The molecule has 1 unspecified atom stereocenters. The molecule has 7 nitrogen and oxygen atoms in total. The van der Waals surface area contributed by atoms with Crippen LogP contribution in [0.25, 0.3) is 0 Å². The van der Waals surface area contributed by atoms with E-state index in [1.807, 2.05) is 38.7 Å². The molecule has 1 N–H and O–H groups in total. The second-order valence-electron chi connectivity index (χ2n) is 7.05. The fourth-order valence-electron chi connectivity index (χ4n) is 2.51. The van der Waals surface area contributed by atoms with Crippen LogP contribution in [0.1, 0.15) is 39.5 Å². The Kier molecular flexibility index (Phi) is 5.88. The highest BCUT2D eigenvalue weighted by atomic mass is 16.6. The van der Waals surface area contributed by atoms with E-state index in [0.717, 1.165) is 5.76 Å². The second-order valence-corrected chi connectivity index (χ2v) is 7.05. The van der Waals surface area contributed by atoms with E-state index in [-0.39, 0.29) is 18.0 Å². The van der Waals surface area contributed by atoms with Gasteiger partial charge in [-0.05, 0) is 39.8 Å². The van der Waals surface area contributed by atoms with Crippen LogP contribution in [-0.4, -0.2) is 60.1 Å². The number of furan rings is 1. The van der Waals surface area contributed by atoms with Gasteiger partial charge in [-0.2, -0.15) is 0 Å². The molecule has 1 atom stereocenters. The molecule has 0 spiro atoms. The lowest BCUT2D eigenvalue weighted by atomic mass is 10.2. The van der Waals surface area contributed by atoms with Crippen molar-refractivity contribution in [3.63, 3.8) is 0 Å². The largest absolute Gasteiger partial charge is 0.467 e. The van der Waals surface area contributed by atoms with Gasteiger partial charge in [0.15, 0.2) is 0 Å². The first kappa shape index (κ1) is 18.3. The van der Waals surface area contributed by atoms with Crippen LogP contribution in [0.3, 0.4) is 0 Å². The lowest BCUT2D eigenvalue weighted by molar-refractivity contribution is -0.123. The van der Waals surface area contributed by atoms with Crippen molar-refractivity contribution in [1.29, 1.82) is 0 Å². The smallest absolute Gasteiger partial charge is 0.410 e. The minimum absolute atomic E-state index is 0.0513. The number of carbonyl (C=O) groups is 2. The Balaban J connectivity index is 1.72. The third-order valence-corrected chi connectivity index (χ3v) is 3.74. The van der Waals surface area contributed by atoms with Gasteiger partial charge < -0.3 is 19.4 Å². The molecule has 0 radical (unpaired) electrons. The maximum absolute atomic E-state index is 12.1. The van der Waals surface area contributed by atoms with Crippen LogP contribution in [0.2, 0.25) is 0 Å². The Morgan fingerprint density at radius 2 is 1.96 bits per heavy atom. The van der Waals surface area contributed by atoms with Crippen LogP contribution >= 0.6 is 0 Å². The molecular weight excluding hydrogens is 310 g/mol. The lowest BCUT2D eigenvalue weighted by Crippen LogP contribution is -2.52. The summed E-state index contributed by atoms with van der Waals surface area (Å²) in [5.74, 6) is 0.683. The third kappa shape index (κ3) is 5.56. The van der Waals surface area contributed by atoms with Crippen LogP contribution in [0.15, 0.2) is 22.8 Å². The Hall–Kier alpha value is -2.02. The molecule has 1 fully saturated rings. The van der Waals surface area contributed by atoms with E-state index in [1.165, 1.54) is 0 Å². The first-order valence-electron chi connectivity index (χ1n) is 8.27. The number of rotatable bonds is 4. The van der Waals surface area contributed by atoms with Crippen LogP contribution in [0.4, 0.5) is 4.79 Å². The Bertz CT molecular complexity index is 543. The van der Waals surface area contributed by atoms with Crippen molar-refractivity contribution in [2.24, 2.45) is 0 Å². The first-order valence-corrected chi connectivity index (χ1v) is 8.27. The van der Waals surface area contributed by atoms with E-state index in [2.05, 4.69) is 5.32 Å². The van der Waals surface area contributed by atoms with Gasteiger partial charge in [-0.1, -0.05) is 0 Å². The van der Waals surface area contributed by atoms with E-state index >= 15 is 0 Å². The third-order valence-electron chi connectivity index (χ3n) is 3.74. The van der Waals surface area contributed by atoms with Gasteiger partial charge >= 0.3 is 6.09 Å². The van der Waals surface area contributed by atoms with Crippen molar-refractivity contribution in [3.05, 3.63) is 24.2 Å². The minimum atomic E-state index is -0.490. The quantitative estimate of drug-likeness (QED) is 0.910. The van der Waals surface area contributed by atoms with Gasteiger partial charge in [-0.3, -0.25) is 9.69 Å². The molecule has 1 saturated heterocycles. The maximum atomic E-state index is 12.1. The van der Waals surface area contributed by atoms with Crippen LogP contribution < -0.4 is 5.32 Å². The summed E-state index contributed by atoms with van der Waals surface area (Å²) in [7, 11) is 0. The predicted octanol–water partition coefficient (Wildman–Crippen LogP) is 2.01. The Labute approximate surface area is 142 Å². The minimum Gasteiger partial charge on any atom is -0.467 e. The number of hydrogen-bond donors (Lipinski definition) is 1. The van der Waals surface area contributed by atoms with Gasteiger partial charge in [0.2, 0.25) is 5.91 Å². The van der Waals surface area contributed by atoms with Gasteiger partial charge in [0.25, 0.3) is 0 Å². The molecule has 0 aromatic carbocycles. The van der Waals surface area contributed by atoms with Gasteiger partial charge in [0.05, 0.1) is 18.8 Å². The van der Waals surface area contributed by atoms with Crippen molar-refractivity contribution in [3.8, 4) is 0 Å². The normalized spacial score (nSPS) is 17.4. The SMILES string of the molecule is CC(NC(=O)CN1CCN(C(=O)OC(C)(C)C)CC1)c1ccco1. The highest BCUT2D eigenvalue weighted by Gasteiger charge is 2.26. The number of nitrogens with one attached hydrogen (secondary N) is 1. The first-order chi connectivity index (χ1) is 11.2. The number of piperazine rings is 1. The summed E-state index contributed by atoms with van der Waals surface area (Å²) in [5, 5.41) is 2.92. The molecule has 2 rings (SSSR count). The predicted molar refractivity (Wildman–Crippen MR) is 89.5 cm³/mol. The van der Waals surface area contributed by atoms with E-state index in [4.69, 9.17) is 9.15 Å². The monoisotopic (exact) mass is 337 g/mol. The Morgan fingerprint density at radius 1 is 1.29 bits per heavy atom. The zero-order valence-corrected chi connectivity index (χ0v) is 14.9. The topological polar surface area (TPSA) is 75.0 Å². The summed E-state index contributed by atoms with van der Waals surface area (Å²) < 4.78 is 10.6. The highest BCUT2D eigenvalue weighted by Crippen LogP contribution is 2.13. The van der Waals surface area contributed by atoms with Gasteiger partial charge in [-0.25, -0.2) is 4.79 Å². The maximum Gasteiger partial charge on any atom is 0.410 e. The van der Waals surface area contributed by atoms with Gasteiger partial charge in [0.1, 0.15) is 11.4 Å². The van der Waals surface area contributed by atoms with Crippen molar-refractivity contribution in [2.45, 2.75) is 39.3 Å². The molecule has 1 aliphatic heterocycles. The number of nitrogens with zero attached hydrogens (tertiary/aromatic N) is 2. The zero-order valence-electron chi connectivity index (χ0n) is 14.9. The van der Waals surface area contributed by atoms with Crippen molar-refractivity contribution < 1.29 is 18.7 Å². The molecule has 24 heavy (non-hydrogen) atoms. The van der Waals surface area contributed by atoms with Crippen LogP contribution in [-0.2, 0) is 9.53 Å². The fraction of sp³-hybridized carbons (Fsp3) is 0.647. The average Bonchev–Trinajstić information content (AvgIpc) is 3.00. The fourth-order valence-corrected chi connectivity index (χ4v) is 2.51. The molecule has 0 aliphatic carbocycles. The number of hydrogen-bond acceptors (Lipinski definition) is 5. The standard InChI is InChI=1S/C17H27N3O4/c1-13(14-6-5-11-23-14)18-15(21)12-19-7-9-20(10-8-19)16(22)24-17(2,3)4/h5-6,11,13H,7-10,12H2,1-4H3,(H,18,21). The van der Waals surface area contributed by atoms with E-state index in [0.29, 0.717) is 32.7 Å². The summed E-state index contributed by atoms with van der Waals surface area (Å²) >= 11 is 0. The summed E-state index contributed by atoms with van der Waals surface area (Å²) in [6.45, 7) is 10.2. The molecular formula is C17H27N3O4. The number of carbonyl (C=O) groups excluding carboxylic acids is 2. The van der Waals surface area contributed by atoms with Crippen LogP contribution in [0.5, 0.6) is 0 Å². The summed E-state index contributed by atoms with van der Waals surface area (Å²) in [5.41, 5.74) is -0.490. The Morgan fingerprint density at radius 3 is 2.50 bits per heavy atom. The van der Waals surface area contributed by atoms with E-state index < -0.39 is 5.60 Å². The molecule has 2 heterocycles. The summed E-state index contributed by atoms with van der Waals surface area (Å²) in [6, 6.07) is 3.48. The molecule has 2 amide bonds. The lowest BCUT2D eigenvalue weighted by Gasteiger charge is -2.35. The van der Waals surface area contributed by atoms with Crippen molar-refractivity contribution in [1.82, 2.24) is 15.1 Å². The molecule has 0 bridgehead atoms. The average molecular weight is 337 g/mol. The van der Waals surface area contributed by atoms with Crippen molar-refractivity contribution >= 4 is 12.0 Å². The van der Waals surface area contributed by atoms with Crippen LogP contribution in [0, 0.1) is 0 Å².